The molecular weight excluding hydrogens is 352 g/mol. The third-order valence-corrected chi connectivity index (χ3v) is 5.07. The monoisotopic (exact) mass is 366 g/mol. The van der Waals surface area contributed by atoms with Gasteiger partial charge in [0.05, 0.1) is 16.5 Å². The Balaban J connectivity index is 1.82. The van der Waals surface area contributed by atoms with Crippen LogP contribution in [0.2, 0.25) is 0 Å². The quantitative estimate of drug-likeness (QED) is 0.452. The molecule has 0 saturated carbocycles. The lowest BCUT2D eigenvalue weighted by molar-refractivity contribution is -0.200. The van der Waals surface area contributed by atoms with Crippen molar-refractivity contribution in [3.63, 3.8) is 0 Å². The first-order chi connectivity index (χ1) is 12.9. The first-order valence-corrected chi connectivity index (χ1v) is 8.32. The molecule has 3 aromatic carbocycles. The van der Waals surface area contributed by atoms with Crippen LogP contribution < -0.4 is 9.47 Å². The number of rotatable bonds is 0. The van der Waals surface area contributed by atoms with E-state index in [9.17, 15) is 25.2 Å². The van der Waals surface area contributed by atoms with E-state index in [0.29, 0.717) is 22.3 Å². The summed E-state index contributed by atoms with van der Waals surface area (Å²) in [5, 5.41) is 42.5. The molecular formula is C20H14O7. The minimum Gasteiger partial charge on any atom is -0.507 e. The van der Waals surface area contributed by atoms with E-state index >= 15 is 0 Å². The first kappa shape index (κ1) is 15.8. The van der Waals surface area contributed by atoms with E-state index in [1.807, 2.05) is 0 Å². The number of fused-ring (bicyclic) bond motifs is 2. The Morgan fingerprint density at radius 1 is 0.889 bits per heavy atom. The van der Waals surface area contributed by atoms with Gasteiger partial charge >= 0.3 is 5.79 Å². The Bertz CT molecular complexity index is 1120. The number of ketones is 1. The number of aliphatic hydroxyl groups is 1. The molecule has 2 unspecified atom stereocenters. The maximum absolute atomic E-state index is 12.4. The van der Waals surface area contributed by atoms with Crippen molar-refractivity contribution in [1.29, 1.82) is 0 Å². The largest absolute Gasteiger partial charge is 0.507 e. The Kier molecular flexibility index (Phi) is 2.95. The lowest BCUT2D eigenvalue weighted by Gasteiger charge is -2.44. The number of aromatic hydroxyl groups is 3. The molecule has 0 bridgehead atoms. The van der Waals surface area contributed by atoms with Crippen LogP contribution in [-0.4, -0.2) is 32.3 Å². The van der Waals surface area contributed by atoms with Crippen LogP contribution in [0.5, 0.6) is 28.7 Å². The molecule has 1 heterocycles. The minimum absolute atomic E-state index is 0.0408. The van der Waals surface area contributed by atoms with Gasteiger partial charge in [-0.05, 0) is 30.3 Å². The fraction of sp³-hybridized carbons (Fsp3) is 0.150. The summed E-state index contributed by atoms with van der Waals surface area (Å²) in [5.41, 5.74) is -0.267. The van der Waals surface area contributed by atoms with E-state index < -0.39 is 17.7 Å². The van der Waals surface area contributed by atoms with Crippen molar-refractivity contribution in [2.24, 2.45) is 0 Å². The molecule has 4 N–H and O–H groups in total. The molecule has 1 aliphatic carbocycles. The van der Waals surface area contributed by atoms with E-state index in [1.165, 1.54) is 24.3 Å². The second-order valence-electron chi connectivity index (χ2n) is 6.63. The van der Waals surface area contributed by atoms with E-state index in [1.54, 1.807) is 18.2 Å². The second-order valence-corrected chi connectivity index (χ2v) is 6.63. The highest BCUT2D eigenvalue weighted by atomic mass is 16.7. The Morgan fingerprint density at radius 2 is 1.56 bits per heavy atom. The molecule has 1 aliphatic heterocycles. The SMILES string of the molecule is O=C1CC(O)C2(Oc3cccc4c(O)ccc(c34)O2)c2c(O)ccc(O)c21. The molecule has 5 rings (SSSR count). The van der Waals surface area contributed by atoms with Crippen molar-refractivity contribution in [3.8, 4) is 28.7 Å². The number of hydrogen-bond acceptors (Lipinski definition) is 7. The van der Waals surface area contributed by atoms with Crippen molar-refractivity contribution in [3.05, 3.63) is 53.6 Å². The van der Waals surface area contributed by atoms with Gasteiger partial charge in [0, 0.05) is 11.8 Å². The summed E-state index contributed by atoms with van der Waals surface area (Å²) in [7, 11) is 0. The normalized spacial score (nSPS) is 23.0. The van der Waals surface area contributed by atoms with Gasteiger partial charge in [-0.2, -0.15) is 0 Å². The Morgan fingerprint density at radius 3 is 2.33 bits per heavy atom. The number of hydrogen-bond donors (Lipinski definition) is 4. The smallest absolute Gasteiger partial charge is 0.309 e. The van der Waals surface area contributed by atoms with Gasteiger partial charge < -0.3 is 29.9 Å². The Labute approximate surface area is 152 Å². The van der Waals surface area contributed by atoms with E-state index in [2.05, 4.69) is 0 Å². The summed E-state index contributed by atoms with van der Waals surface area (Å²) in [6, 6.07) is 10.4. The van der Waals surface area contributed by atoms with Gasteiger partial charge in [-0.3, -0.25) is 4.79 Å². The number of carbonyl (C=O) groups is 1. The van der Waals surface area contributed by atoms with Crippen LogP contribution in [0.15, 0.2) is 42.5 Å². The van der Waals surface area contributed by atoms with Crippen LogP contribution >= 0.6 is 0 Å². The number of benzene rings is 3. The second kappa shape index (κ2) is 5.05. The van der Waals surface area contributed by atoms with Gasteiger partial charge in [0.2, 0.25) is 0 Å². The molecule has 2 aliphatic rings. The molecule has 0 aromatic heterocycles. The predicted molar refractivity (Wildman–Crippen MR) is 93.3 cm³/mol. The molecule has 0 fully saturated rings. The number of carbonyl (C=O) groups excluding carboxylic acids is 1. The van der Waals surface area contributed by atoms with Crippen molar-refractivity contribution in [2.45, 2.75) is 18.3 Å². The molecule has 27 heavy (non-hydrogen) atoms. The maximum atomic E-state index is 12.4. The number of ether oxygens (including phenoxy) is 2. The average molecular weight is 366 g/mol. The average Bonchev–Trinajstić information content (AvgIpc) is 2.65. The van der Waals surface area contributed by atoms with Gasteiger partial charge in [-0.25, -0.2) is 0 Å². The molecule has 7 heteroatoms. The molecule has 136 valence electrons. The topological polar surface area (TPSA) is 116 Å². The lowest BCUT2D eigenvalue weighted by Crippen LogP contribution is -2.55. The summed E-state index contributed by atoms with van der Waals surface area (Å²) >= 11 is 0. The number of phenols is 3. The summed E-state index contributed by atoms with van der Waals surface area (Å²) in [5.74, 6) is -2.45. The van der Waals surface area contributed by atoms with Crippen molar-refractivity contribution in [2.75, 3.05) is 0 Å². The molecule has 1 spiro atoms. The minimum atomic E-state index is -1.91. The van der Waals surface area contributed by atoms with E-state index in [-0.39, 0.29) is 34.8 Å². The van der Waals surface area contributed by atoms with Gasteiger partial charge in [0.25, 0.3) is 0 Å². The predicted octanol–water partition coefficient (Wildman–Crippen LogP) is 2.53. The van der Waals surface area contributed by atoms with Crippen LogP contribution in [0.4, 0.5) is 0 Å². The van der Waals surface area contributed by atoms with Crippen LogP contribution in [0, 0.1) is 0 Å². The van der Waals surface area contributed by atoms with Gasteiger partial charge in [-0.15, -0.1) is 0 Å². The van der Waals surface area contributed by atoms with Crippen LogP contribution in [0.1, 0.15) is 22.3 Å². The van der Waals surface area contributed by atoms with Gasteiger partial charge in [-0.1, -0.05) is 12.1 Å². The third kappa shape index (κ3) is 1.91. The zero-order chi connectivity index (χ0) is 18.9. The lowest BCUT2D eigenvalue weighted by atomic mass is 9.81. The molecule has 0 amide bonds. The molecule has 0 radical (unpaired) electrons. The first-order valence-electron chi connectivity index (χ1n) is 8.32. The zero-order valence-electron chi connectivity index (χ0n) is 13.8. The summed E-state index contributed by atoms with van der Waals surface area (Å²) < 4.78 is 12.0. The van der Waals surface area contributed by atoms with Crippen LogP contribution in [-0.2, 0) is 5.79 Å². The van der Waals surface area contributed by atoms with E-state index in [0.717, 1.165) is 0 Å². The molecule has 0 saturated heterocycles. The summed E-state index contributed by atoms with van der Waals surface area (Å²) in [6.07, 6.45) is -1.78. The Hall–Kier alpha value is -3.45. The fourth-order valence-corrected chi connectivity index (χ4v) is 3.88. The van der Waals surface area contributed by atoms with Gasteiger partial charge in [0.15, 0.2) is 5.78 Å². The maximum Gasteiger partial charge on any atom is 0.309 e. The molecule has 7 nitrogen and oxygen atoms in total. The number of aliphatic hydroxyl groups excluding tert-OH is 1. The van der Waals surface area contributed by atoms with E-state index in [4.69, 9.17) is 9.47 Å². The molecule has 3 aromatic rings. The number of phenolic OH excluding ortho intramolecular Hbond substituents is 3. The van der Waals surface area contributed by atoms with Crippen molar-refractivity contribution < 1.29 is 34.7 Å². The highest BCUT2D eigenvalue weighted by Crippen LogP contribution is 2.53. The summed E-state index contributed by atoms with van der Waals surface area (Å²) in [4.78, 5) is 12.4. The molecule has 2 atom stereocenters. The fourth-order valence-electron chi connectivity index (χ4n) is 3.88. The third-order valence-electron chi connectivity index (χ3n) is 5.07. The van der Waals surface area contributed by atoms with Crippen molar-refractivity contribution in [1.82, 2.24) is 0 Å². The standard InChI is InChI=1S/C20H14O7/c21-10-6-7-15-17-9(10)2-1-3-14(17)26-20(27-15)16(25)8-13(24)18-11(22)4-5-12(23)19(18)20/h1-7,16,21-23,25H,8H2. The van der Waals surface area contributed by atoms with Crippen molar-refractivity contribution >= 4 is 16.6 Å². The van der Waals surface area contributed by atoms with Crippen LogP contribution in [0.3, 0.4) is 0 Å². The zero-order valence-corrected chi connectivity index (χ0v) is 13.8. The van der Waals surface area contributed by atoms with Crippen LogP contribution in [0.25, 0.3) is 10.8 Å². The highest BCUT2D eigenvalue weighted by Gasteiger charge is 2.56. The number of Topliss-reactive ketones (excluding diaryl/α,β-unsaturated/α-hetero) is 1. The highest BCUT2D eigenvalue weighted by molar-refractivity contribution is 6.03. The summed E-state index contributed by atoms with van der Waals surface area (Å²) in [6.45, 7) is 0. The van der Waals surface area contributed by atoms with Gasteiger partial charge in [0.1, 0.15) is 34.9 Å².